The zero-order chi connectivity index (χ0) is 20.8. The zero-order valence-electron chi connectivity index (χ0n) is 15.9. The van der Waals surface area contributed by atoms with Gasteiger partial charge in [-0.3, -0.25) is 19.0 Å². The van der Waals surface area contributed by atoms with Gasteiger partial charge in [-0.15, -0.1) is 0 Å². The van der Waals surface area contributed by atoms with E-state index < -0.39 is 18.5 Å². The highest BCUT2D eigenvalue weighted by molar-refractivity contribution is 5.80. The quantitative estimate of drug-likeness (QED) is 0.615. The van der Waals surface area contributed by atoms with Crippen molar-refractivity contribution in [2.75, 3.05) is 6.61 Å². The molecule has 150 valence electrons. The molecular weight excluding hydrogens is 377 g/mol. The van der Waals surface area contributed by atoms with E-state index in [-0.39, 0.29) is 30.8 Å². The van der Waals surface area contributed by atoms with Crippen LogP contribution in [0.1, 0.15) is 17.8 Å². The van der Waals surface area contributed by atoms with Gasteiger partial charge in [0.05, 0.1) is 17.3 Å². The first-order chi connectivity index (χ1) is 13.9. The molecule has 8 heteroatoms. The van der Waals surface area contributed by atoms with Gasteiger partial charge in [0.1, 0.15) is 11.6 Å². The van der Waals surface area contributed by atoms with Crippen molar-refractivity contribution in [3.63, 3.8) is 0 Å². The number of esters is 1. The van der Waals surface area contributed by atoms with E-state index in [1.165, 1.54) is 16.7 Å². The first kappa shape index (κ1) is 20.2. The number of ether oxygens (including phenoxy) is 1. The van der Waals surface area contributed by atoms with Crippen LogP contribution in [0.3, 0.4) is 0 Å². The molecule has 0 saturated heterocycles. The van der Waals surface area contributed by atoms with Crippen LogP contribution in [0.15, 0.2) is 53.3 Å². The number of amides is 1. The fraction of sp³-hybridized carbons (Fsp3) is 0.238. The normalized spacial score (nSPS) is 10.7. The molecule has 1 aromatic heterocycles. The number of benzene rings is 2. The summed E-state index contributed by atoms with van der Waals surface area (Å²) in [4.78, 5) is 40.5. The third kappa shape index (κ3) is 5.25. The van der Waals surface area contributed by atoms with Crippen molar-refractivity contribution in [2.24, 2.45) is 7.05 Å². The van der Waals surface area contributed by atoms with Crippen molar-refractivity contribution in [2.45, 2.75) is 19.4 Å². The number of nitrogens with one attached hydrogen (secondary N) is 1. The van der Waals surface area contributed by atoms with E-state index in [0.717, 1.165) is 5.56 Å². The Bertz CT molecular complexity index is 1090. The van der Waals surface area contributed by atoms with Crippen LogP contribution in [0.4, 0.5) is 4.39 Å². The lowest BCUT2D eigenvalue weighted by Crippen LogP contribution is -2.28. The van der Waals surface area contributed by atoms with Crippen LogP contribution in [0, 0.1) is 5.82 Å². The molecule has 7 nitrogen and oxygen atoms in total. The van der Waals surface area contributed by atoms with Crippen LogP contribution >= 0.6 is 0 Å². The Morgan fingerprint density at radius 1 is 1.14 bits per heavy atom. The predicted molar refractivity (Wildman–Crippen MR) is 105 cm³/mol. The number of hydrogen-bond acceptors (Lipinski definition) is 5. The maximum atomic E-state index is 12.8. The summed E-state index contributed by atoms with van der Waals surface area (Å²) in [6.07, 6.45) is 0.205. The lowest BCUT2D eigenvalue weighted by molar-refractivity contribution is -0.148. The van der Waals surface area contributed by atoms with Gasteiger partial charge in [0, 0.05) is 20.0 Å². The average Bonchev–Trinajstić information content (AvgIpc) is 2.73. The van der Waals surface area contributed by atoms with Gasteiger partial charge in [0.15, 0.2) is 6.61 Å². The van der Waals surface area contributed by atoms with E-state index >= 15 is 0 Å². The van der Waals surface area contributed by atoms with E-state index in [1.54, 1.807) is 43.4 Å². The van der Waals surface area contributed by atoms with Gasteiger partial charge in [0.25, 0.3) is 11.5 Å². The molecule has 3 rings (SSSR count). The molecule has 1 amide bonds. The van der Waals surface area contributed by atoms with Crippen LogP contribution < -0.4 is 10.9 Å². The summed E-state index contributed by atoms with van der Waals surface area (Å²) < 4.78 is 19.2. The molecule has 29 heavy (non-hydrogen) atoms. The smallest absolute Gasteiger partial charge is 0.306 e. The van der Waals surface area contributed by atoms with Crippen molar-refractivity contribution in [3.05, 3.63) is 76.1 Å². The Balaban J connectivity index is 1.48. The topological polar surface area (TPSA) is 90.3 Å². The van der Waals surface area contributed by atoms with E-state index in [9.17, 15) is 18.8 Å². The van der Waals surface area contributed by atoms with Gasteiger partial charge < -0.3 is 10.1 Å². The zero-order valence-corrected chi connectivity index (χ0v) is 15.9. The number of hydrogen-bond donors (Lipinski definition) is 1. The number of halogens is 1. The monoisotopic (exact) mass is 397 g/mol. The second kappa shape index (κ2) is 9.09. The molecule has 1 N–H and O–H groups in total. The molecule has 0 unspecified atom stereocenters. The summed E-state index contributed by atoms with van der Waals surface area (Å²) in [6.45, 7) is -0.204. The molecule has 0 fully saturated rings. The maximum Gasteiger partial charge on any atom is 0.306 e. The number of para-hydroxylation sites is 1. The predicted octanol–water partition coefficient (Wildman–Crippen LogP) is 1.86. The van der Waals surface area contributed by atoms with Gasteiger partial charge in [-0.25, -0.2) is 9.37 Å². The van der Waals surface area contributed by atoms with E-state index in [1.807, 2.05) is 0 Å². The van der Waals surface area contributed by atoms with Crippen LogP contribution in [-0.4, -0.2) is 28.0 Å². The molecule has 3 aromatic rings. The van der Waals surface area contributed by atoms with Gasteiger partial charge in [-0.05, 0) is 29.8 Å². The Hall–Kier alpha value is -3.55. The minimum atomic E-state index is -0.565. The highest BCUT2D eigenvalue weighted by Crippen LogP contribution is 2.08. The van der Waals surface area contributed by atoms with Crippen LogP contribution in [0.25, 0.3) is 10.9 Å². The van der Waals surface area contributed by atoms with Crippen molar-refractivity contribution in [3.8, 4) is 0 Å². The molecule has 0 atom stereocenters. The fourth-order valence-electron chi connectivity index (χ4n) is 2.77. The summed E-state index contributed by atoms with van der Waals surface area (Å²) in [5, 5.41) is 3.10. The van der Waals surface area contributed by atoms with Gasteiger partial charge in [0.2, 0.25) is 0 Å². The summed E-state index contributed by atoms with van der Waals surface area (Å²) in [6, 6.07) is 12.7. The third-order valence-corrected chi connectivity index (χ3v) is 4.40. The number of carbonyl (C=O) groups is 2. The first-order valence-corrected chi connectivity index (χ1v) is 9.05. The lowest BCUT2D eigenvalue weighted by Gasteiger charge is -2.09. The van der Waals surface area contributed by atoms with E-state index in [4.69, 9.17) is 4.74 Å². The Kier molecular flexibility index (Phi) is 6.33. The molecule has 0 aliphatic heterocycles. The van der Waals surface area contributed by atoms with E-state index in [2.05, 4.69) is 10.3 Å². The molecule has 2 aromatic carbocycles. The number of nitrogens with zero attached hydrogens (tertiary/aromatic N) is 2. The number of carbonyl (C=O) groups excluding carboxylic acids is 2. The summed E-state index contributed by atoms with van der Waals surface area (Å²) in [5.74, 6) is -0.915. The highest BCUT2D eigenvalue weighted by Gasteiger charge is 2.12. The molecule has 0 bridgehead atoms. The number of fused-ring (bicyclic) bond motifs is 1. The van der Waals surface area contributed by atoms with Gasteiger partial charge >= 0.3 is 5.97 Å². The van der Waals surface area contributed by atoms with Crippen LogP contribution in [0.5, 0.6) is 0 Å². The largest absolute Gasteiger partial charge is 0.456 e. The molecule has 1 heterocycles. The van der Waals surface area contributed by atoms with Gasteiger partial charge in [-0.2, -0.15) is 0 Å². The molecular formula is C21H20FN3O4. The van der Waals surface area contributed by atoms with Crippen molar-refractivity contribution >= 4 is 22.8 Å². The van der Waals surface area contributed by atoms with E-state index in [0.29, 0.717) is 16.7 Å². The number of rotatable bonds is 7. The molecule has 0 radical (unpaired) electrons. The van der Waals surface area contributed by atoms with Crippen LogP contribution in [-0.2, 0) is 34.3 Å². The second-order valence-corrected chi connectivity index (χ2v) is 6.47. The van der Waals surface area contributed by atoms with Crippen LogP contribution in [0.2, 0.25) is 0 Å². The number of aryl methyl sites for hydroxylation is 1. The average molecular weight is 397 g/mol. The molecule has 0 aliphatic rings. The minimum Gasteiger partial charge on any atom is -0.456 e. The highest BCUT2D eigenvalue weighted by atomic mass is 19.1. The maximum absolute atomic E-state index is 12.8. The lowest BCUT2D eigenvalue weighted by atomic mass is 10.2. The Labute approximate surface area is 166 Å². The van der Waals surface area contributed by atoms with Gasteiger partial charge in [-0.1, -0.05) is 24.3 Å². The fourth-order valence-corrected chi connectivity index (χ4v) is 2.77. The first-order valence-electron chi connectivity index (χ1n) is 9.05. The Morgan fingerprint density at radius 2 is 1.86 bits per heavy atom. The number of aromatic nitrogens is 2. The molecule has 0 saturated carbocycles. The van der Waals surface area contributed by atoms with Crippen molar-refractivity contribution < 1.29 is 18.7 Å². The summed E-state index contributed by atoms with van der Waals surface area (Å²) in [5.41, 5.74) is 1.12. The standard InChI is InChI=1S/C21H20FN3O4/c1-25-18(24-17-5-3-2-4-16(17)21(25)28)10-11-20(27)29-13-19(26)23-12-14-6-8-15(22)9-7-14/h2-9H,10-13H2,1H3,(H,23,26). The van der Waals surface area contributed by atoms with Crippen molar-refractivity contribution in [1.29, 1.82) is 0 Å². The summed E-state index contributed by atoms with van der Waals surface area (Å²) in [7, 11) is 1.60. The molecule has 0 aliphatic carbocycles. The van der Waals surface area contributed by atoms with Crippen molar-refractivity contribution in [1.82, 2.24) is 14.9 Å². The summed E-state index contributed by atoms with van der Waals surface area (Å²) >= 11 is 0. The molecule has 0 spiro atoms. The third-order valence-electron chi connectivity index (χ3n) is 4.40. The second-order valence-electron chi connectivity index (χ2n) is 6.47. The SMILES string of the molecule is Cn1c(CCC(=O)OCC(=O)NCc2ccc(F)cc2)nc2ccccc2c1=O. The minimum absolute atomic E-state index is 0.0101. The Morgan fingerprint density at radius 3 is 2.62 bits per heavy atom.